The summed E-state index contributed by atoms with van der Waals surface area (Å²) in [6, 6.07) is 0. The molecule has 22 heteroatoms. The van der Waals surface area contributed by atoms with Gasteiger partial charge in [-0.05, 0) is 30.2 Å². The number of aromatic nitrogens is 7. The SMILES string of the molecule is O=C1OC[C@H]2O[C@@H](n3cc4c5c(ncnc53)NCCC4)[C@H](O)[C@@H]2OP(O)(=S)OC[C@H]2O[C@@H](n3cnc4c(=O)n(CCO)cnc43)[C@H](O1)[C@@H]2F. The first kappa shape index (κ1) is 32.5. The highest BCUT2D eigenvalue weighted by Crippen LogP contribution is 2.50. The number of carbonyl (C=O) groups excluding carboxylic acids is 1. The van der Waals surface area contributed by atoms with Crippen molar-refractivity contribution in [3.63, 3.8) is 0 Å². The Morgan fingerprint density at radius 2 is 1.88 bits per heavy atom. The van der Waals surface area contributed by atoms with E-state index < -0.39 is 80.8 Å². The molecule has 0 amide bonds. The molecule has 0 aromatic carbocycles. The molecule has 0 radical (unpaired) electrons. The van der Waals surface area contributed by atoms with E-state index in [4.69, 9.17) is 39.8 Å². The molecule has 3 fully saturated rings. The molecule has 9 atom stereocenters. The molecule has 262 valence electrons. The molecule has 19 nitrogen and oxygen atoms in total. The standard InChI is InChI=1S/C27H30FN8O11PS/c28-16-13-8-43-48(41,49)47-19-14(45-25(18(19)38)35-6-12-2-1-3-29-21-15(12)22(35)31-9-30-21)7-42-27(40)46-20(16)26(44-13)36-11-32-17-23(36)33-10-34(4-5-37)24(17)39/h6,9-11,13-14,16,18-20,25-26,37-38H,1-5,7-8H2,(H,41,49)(H,29,30,31)/t13-,14-,16-,18-,19-,20-,25-,26-,48?/m1/s1. The fraction of sp³-hybridized carbons (Fsp3) is 0.556. The summed E-state index contributed by atoms with van der Waals surface area (Å²) in [4.78, 5) is 54.0. The van der Waals surface area contributed by atoms with E-state index in [0.717, 1.165) is 34.9 Å². The lowest BCUT2D eigenvalue weighted by Gasteiger charge is -2.26. The van der Waals surface area contributed by atoms with Crippen LogP contribution in [0.1, 0.15) is 24.4 Å². The van der Waals surface area contributed by atoms with Crippen molar-refractivity contribution < 1.29 is 52.3 Å². The number of ether oxygens (including phenoxy) is 4. The van der Waals surface area contributed by atoms with Gasteiger partial charge < -0.3 is 48.5 Å². The molecule has 4 aromatic heterocycles. The minimum absolute atomic E-state index is 0.00118. The first-order chi connectivity index (χ1) is 23.6. The number of carbonyl (C=O) groups is 1. The van der Waals surface area contributed by atoms with Gasteiger partial charge in [-0.1, -0.05) is 0 Å². The van der Waals surface area contributed by atoms with Crippen LogP contribution >= 0.6 is 6.72 Å². The Hall–Kier alpha value is -3.66. The van der Waals surface area contributed by atoms with Crippen molar-refractivity contribution in [3.8, 4) is 0 Å². The third kappa shape index (κ3) is 5.68. The van der Waals surface area contributed by atoms with Gasteiger partial charge in [0.15, 0.2) is 35.9 Å². The number of cyclic esters (lactones) is 1. The number of alkyl halides is 1. The van der Waals surface area contributed by atoms with Crippen molar-refractivity contribution in [2.24, 2.45) is 0 Å². The Bertz CT molecular complexity index is 2030. The number of fused-ring (bicyclic) bond motifs is 4. The fourth-order valence-electron chi connectivity index (χ4n) is 6.60. The summed E-state index contributed by atoms with van der Waals surface area (Å²) < 4.78 is 53.9. The van der Waals surface area contributed by atoms with E-state index >= 15 is 4.39 Å². The quantitative estimate of drug-likeness (QED) is 0.161. The lowest BCUT2D eigenvalue weighted by atomic mass is 10.1. The first-order valence-corrected chi connectivity index (χ1v) is 18.0. The Balaban J connectivity index is 1.08. The molecule has 1 unspecified atom stereocenters. The maximum absolute atomic E-state index is 15.9. The summed E-state index contributed by atoms with van der Waals surface area (Å²) in [5.74, 6) is 0.646. The Morgan fingerprint density at radius 3 is 2.71 bits per heavy atom. The van der Waals surface area contributed by atoms with Crippen LogP contribution in [0.5, 0.6) is 0 Å². The monoisotopic (exact) mass is 724 g/mol. The number of halogens is 1. The van der Waals surface area contributed by atoms with Gasteiger partial charge >= 0.3 is 12.9 Å². The molecule has 0 spiro atoms. The number of nitrogens with zero attached hydrogens (tertiary/aromatic N) is 7. The van der Waals surface area contributed by atoms with E-state index in [1.165, 1.54) is 23.5 Å². The third-order valence-electron chi connectivity index (χ3n) is 8.87. The maximum Gasteiger partial charge on any atom is 0.508 e. The van der Waals surface area contributed by atoms with Crippen molar-refractivity contribution in [2.45, 2.75) is 68.5 Å². The smallest absolute Gasteiger partial charge is 0.431 e. The topological polar surface area (TPSA) is 229 Å². The van der Waals surface area contributed by atoms with E-state index in [2.05, 4.69) is 25.3 Å². The second-order valence-electron chi connectivity index (χ2n) is 11.8. The summed E-state index contributed by atoms with van der Waals surface area (Å²) in [5, 5.41) is 24.8. The van der Waals surface area contributed by atoms with Gasteiger partial charge in [-0.2, -0.15) is 0 Å². The van der Waals surface area contributed by atoms with Crippen LogP contribution in [0.4, 0.5) is 15.0 Å². The van der Waals surface area contributed by atoms with Crippen LogP contribution in [0.3, 0.4) is 0 Å². The second kappa shape index (κ2) is 12.6. The van der Waals surface area contributed by atoms with E-state index in [-0.39, 0.29) is 24.3 Å². The van der Waals surface area contributed by atoms with Crippen LogP contribution in [-0.4, -0.2) is 118 Å². The lowest BCUT2D eigenvalue weighted by Crippen LogP contribution is -2.37. The summed E-state index contributed by atoms with van der Waals surface area (Å²) in [7, 11) is 0. The van der Waals surface area contributed by atoms with Gasteiger partial charge in [0, 0.05) is 12.7 Å². The molecule has 4 aliphatic heterocycles. The minimum atomic E-state index is -4.22. The second-order valence-corrected chi connectivity index (χ2v) is 14.6. The molecule has 4 N–H and O–H groups in total. The van der Waals surface area contributed by atoms with Crippen molar-refractivity contribution in [1.82, 2.24) is 33.6 Å². The summed E-state index contributed by atoms with van der Waals surface area (Å²) >= 11 is 5.25. The zero-order valence-electron chi connectivity index (χ0n) is 25.3. The Morgan fingerprint density at radius 1 is 1.04 bits per heavy atom. The van der Waals surface area contributed by atoms with Gasteiger partial charge in [0.2, 0.25) is 0 Å². The number of aryl methyl sites for hydroxylation is 1. The molecule has 4 aromatic rings. The van der Waals surface area contributed by atoms with Gasteiger partial charge in [-0.15, -0.1) is 0 Å². The molecule has 0 aliphatic carbocycles. The van der Waals surface area contributed by atoms with Crippen LogP contribution in [-0.2, 0) is 52.8 Å². The molecule has 4 aliphatic rings. The minimum Gasteiger partial charge on any atom is -0.431 e. The molecule has 8 heterocycles. The highest BCUT2D eigenvalue weighted by molar-refractivity contribution is 8.07. The highest BCUT2D eigenvalue weighted by atomic mass is 32.5. The lowest BCUT2D eigenvalue weighted by molar-refractivity contribution is -0.0833. The summed E-state index contributed by atoms with van der Waals surface area (Å²) in [6.45, 7) is -5.01. The van der Waals surface area contributed by atoms with Crippen LogP contribution in [0.2, 0.25) is 0 Å². The molecule has 2 bridgehead atoms. The molecule has 8 rings (SSSR count). The average Bonchev–Trinajstić information content (AvgIpc) is 3.78. The van der Waals surface area contributed by atoms with Gasteiger partial charge in [-0.25, -0.2) is 29.1 Å². The van der Waals surface area contributed by atoms with Gasteiger partial charge in [0.05, 0.1) is 31.5 Å². The Kier molecular flexibility index (Phi) is 8.36. The van der Waals surface area contributed by atoms with Gasteiger partial charge in [0.25, 0.3) is 5.56 Å². The molecular weight excluding hydrogens is 694 g/mol. The number of imidazole rings is 1. The summed E-state index contributed by atoms with van der Waals surface area (Å²) in [6.07, 6.45) is -5.83. The molecule has 0 saturated carbocycles. The zero-order valence-corrected chi connectivity index (χ0v) is 27.1. The normalized spacial score (nSPS) is 33.5. The number of anilines is 1. The van der Waals surface area contributed by atoms with Gasteiger partial charge in [0.1, 0.15) is 55.1 Å². The predicted octanol–water partition coefficient (Wildman–Crippen LogP) is 0.0361. The maximum atomic E-state index is 15.9. The Labute approximate surface area is 279 Å². The van der Waals surface area contributed by atoms with Crippen LogP contribution in [0.25, 0.3) is 22.2 Å². The summed E-state index contributed by atoms with van der Waals surface area (Å²) in [5.41, 5.74) is 0.759. The van der Waals surface area contributed by atoms with Crippen molar-refractivity contribution in [2.75, 3.05) is 31.7 Å². The van der Waals surface area contributed by atoms with E-state index in [0.29, 0.717) is 11.5 Å². The molecule has 49 heavy (non-hydrogen) atoms. The number of hydrogen-bond acceptors (Lipinski definition) is 16. The van der Waals surface area contributed by atoms with E-state index in [1.807, 2.05) is 0 Å². The van der Waals surface area contributed by atoms with Crippen molar-refractivity contribution in [1.29, 1.82) is 0 Å². The van der Waals surface area contributed by atoms with Crippen LogP contribution in [0, 0.1) is 0 Å². The number of hydrogen-bond donors (Lipinski definition) is 4. The average molecular weight is 725 g/mol. The highest BCUT2D eigenvalue weighted by Gasteiger charge is 2.53. The largest absolute Gasteiger partial charge is 0.508 e. The van der Waals surface area contributed by atoms with Crippen molar-refractivity contribution >= 4 is 52.7 Å². The van der Waals surface area contributed by atoms with Crippen LogP contribution in [0.15, 0.2) is 30.0 Å². The van der Waals surface area contributed by atoms with E-state index in [1.54, 1.807) is 10.8 Å². The van der Waals surface area contributed by atoms with Crippen molar-refractivity contribution in [3.05, 3.63) is 41.1 Å². The number of rotatable bonds is 4. The predicted molar refractivity (Wildman–Crippen MR) is 165 cm³/mol. The van der Waals surface area contributed by atoms with Gasteiger partial charge in [-0.3, -0.25) is 18.5 Å². The third-order valence-corrected chi connectivity index (χ3v) is 10.4. The number of aliphatic hydroxyl groups excluding tert-OH is 2. The zero-order chi connectivity index (χ0) is 34.0. The number of nitrogens with one attached hydrogen (secondary N) is 1. The fourth-order valence-corrected chi connectivity index (χ4v) is 8.05. The molecular formula is C27H30FN8O11PS. The molecule has 3 saturated heterocycles. The number of aliphatic hydroxyl groups is 2. The van der Waals surface area contributed by atoms with E-state index in [9.17, 15) is 24.7 Å². The first-order valence-electron chi connectivity index (χ1n) is 15.4. The van der Waals surface area contributed by atoms with Crippen LogP contribution < -0.4 is 10.9 Å².